The van der Waals surface area contributed by atoms with Gasteiger partial charge in [0.1, 0.15) is 0 Å². The summed E-state index contributed by atoms with van der Waals surface area (Å²) in [5.41, 5.74) is 0.880. The average Bonchev–Trinajstić information content (AvgIpc) is 2.64. The van der Waals surface area contributed by atoms with Crippen molar-refractivity contribution in [2.45, 2.75) is 12.6 Å². The number of piperazine rings is 1. The van der Waals surface area contributed by atoms with Gasteiger partial charge in [-0.3, -0.25) is 14.7 Å². The Morgan fingerprint density at radius 3 is 2.43 bits per heavy atom. The number of carbonyl (C=O) groups excluding carboxylic acids is 1. The Morgan fingerprint density at radius 1 is 1.23 bits per heavy atom. The number of hydrogen-bond acceptors (Lipinski definition) is 3. The molecule has 0 bridgehead atoms. The monoisotopic (exact) mass is 561 g/mol. The van der Waals surface area contributed by atoms with E-state index in [1.807, 2.05) is 21.9 Å². The van der Waals surface area contributed by atoms with Gasteiger partial charge in [-0.15, -0.1) is 24.0 Å². The molecule has 2 rings (SSSR count). The van der Waals surface area contributed by atoms with Crippen LogP contribution in [-0.2, 0) is 11.2 Å². The third-order valence-electron chi connectivity index (χ3n) is 4.61. The van der Waals surface area contributed by atoms with Gasteiger partial charge in [-0.1, -0.05) is 23.7 Å². The highest BCUT2D eigenvalue weighted by atomic mass is 127. The number of carbonyl (C=O) groups is 1. The molecular weight excluding hydrogens is 534 g/mol. The summed E-state index contributed by atoms with van der Waals surface area (Å²) in [4.78, 5) is 21.7. The van der Waals surface area contributed by atoms with Gasteiger partial charge in [0, 0.05) is 51.3 Å². The van der Waals surface area contributed by atoms with Crippen LogP contribution in [0.5, 0.6) is 0 Å². The average molecular weight is 562 g/mol. The summed E-state index contributed by atoms with van der Waals surface area (Å²) in [6, 6.07) is 7.26. The van der Waals surface area contributed by atoms with E-state index in [-0.39, 0.29) is 36.4 Å². The van der Waals surface area contributed by atoms with E-state index in [9.17, 15) is 18.0 Å². The van der Waals surface area contributed by atoms with E-state index in [1.54, 1.807) is 19.2 Å². The van der Waals surface area contributed by atoms with Crippen molar-refractivity contribution in [3.8, 4) is 0 Å². The number of benzene rings is 1. The highest BCUT2D eigenvalue weighted by Gasteiger charge is 2.29. The van der Waals surface area contributed by atoms with Gasteiger partial charge in [0.15, 0.2) is 5.96 Å². The summed E-state index contributed by atoms with van der Waals surface area (Å²) in [7, 11) is 3.07. The van der Waals surface area contributed by atoms with Crippen LogP contribution in [0.4, 0.5) is 13.2 Å². The van der Waals surface area contributed by atoms with Crippen LogP contribution < -0.4 is 5.32 Å². The summed E-state index contributed by atoms with van der Waals surface area (Å²) >= 11 is 5.97. The SMILES string of the molecule is CN=C(NCCN(C)CC(F)(F)F)N1CCN(C(=O)Cc2cccc(Cl)c2)CC1.I. The summed E-state index contributed by atoms with van der Waals surface area (Å²) in [5.74, 6) is 0.677. The molecule has 0 unspecified atom stereocenters. The quantitative estimate of drug-likeness (QED) is 0.330. The van der Waals surface area contributed by atoms with Crippen molar-refractivity contribution in [2.75, 3.05) is 59.9 Å². The number of hydrogen-bond donors (Lipinski definition) is 1. The van der Waals surface area contributed by atoms with Crippen LogP contribution in [0, 0.1) is 0 Å². The van der Waals surface area contributed by atoms with Gasteiger partial charge in [0.05, 0.1) is 13.0 Å². The second-order valence-corrected chi connectivity index (χ2v) is 7.44. The molecule has 30 heavy (non-hydrogen) atoms. The predicted molar refractivity (Wildman–Crippen MR) is 124 cm³/mol. The molecule has 1 aliphatic rings. The zero-order valence-electron chi connectivity index (χ0n) is 17.1. The van der Waals surface area contributed by atoms with Crippen LogP contribution >= 0.6 is 35.6 Å². The lowest BCUT2D eigenvalue weighted by Gasteiger charge is -2.36. The van der Waals surface area contributed by atoms with Gasteiger partial charge in [0.25, 0.3) is 0 Å². The summed E-state index contributed by atoms with van der Waals surface area (Å²) < 4.78 is 37.1. The van der Waals surface area contributed by atoms with E-state index >= 15 is 0 Å². The largest absolute Gasteiger partial charge is 0.401 e. The van der Waals surface area contributed by atoms with Crippen molar-refractivity contribution in [1.29, 1.82) is 0 Å². The van der Waals surface area contributed by atoms with E-state index in [4.69, 9.17) is 11.6 Å². The Kier molecular flexibility index (Phi) is 11.2. The van der Waals surface area contributed by atoms with Crippen molar-refractivity contribution >= 4 is 47.4 Å². The lowest BCUT2D eigenvalue weighted by atomic mass is 10.1. The fraction of sp³-hybridized carbons (Fsp3) is 0.579. The van der Waals surface area contributed by atoms with Gasteiger partial charge >= 0.3 is 6.18 Å². The first-order valence-corrected chi connectivity index (χ1v) is 9.79. The molecule has 0 aliphatic carbocycles. The summed E-state index contributed by atoms with van der Waals surface area (Å²) in [6.45, 7) is 2.01. The predicted octanol–water partition coefficient (Wildman–Crippen LogP) is 2.71. The molecule has 6 nitrogen and oxygen atoms in total. The Morgan fingerprint density at radius 2 is 1.87 bits per heavy atom. The molecule has 1 amide bonds. The molecular formula is C19H28ClF3IN5O. The van der Waals surface area contributed by atoms with Crippen molar-refractivity contribution in [3.63, 3.8) is 0 Å². The summed E-state index contributed by atoms with van der Waals surface area (Å²) in [6.07, 6.45) is -3.90. The molecule has 0 radical (unpaired) electrons. The molecule has 1 aromatic carbocycles. The molecule has 1 N–H and O–H groups in total. The van der Waals surface area contributed by atoms with Gasteiger partial charge < -0.3 is 15.1 Å². The number of halogens is 5. The molecule has 1 aliphatic heterocycles. The molecule has 1 fully saturated rings. The Bertz CT molecular complexity index is 712. The van der Waals surface area contributed by atoms with Crippen molar-refractivity contribution in [1.82, 2.24) is 20.0 Å². The van der Waals surface area contributed by atoms with E-state index in [0.717, 1.165) is 5.56 Å². The topological polar surface area (TPSA) is 51.2 Å². The Balaban J connectivity index is 0.00000450. The zero-order chi connectivity index (χ0) is 21.4. The molecule has 0 aromatic heterocycles. The van der Waals surface area contributed by atoms with Crippen molar-refractivity contribution in [2.24, 2.45) is 4.99 Å². The second kappa shape index (κ2) is 12.6. The molecule has 11 heteroatoms. The van der Waals surface area contributed by atoms with Crippen LogP contribution in [0.25, 0.3) is 0 Å². The number of guanidine groups is 1. The number of aliphatic imine (C=N–C) groups is 1. The lowest BCUT2D eigenvalue weighted by Crippen LogP contribution is -2.54. The molecule has 0 saturated carbocycles. The molecule has 170 valence electrons. The van der Waals surface area contributed by atoms with E-state index in [2.05, 4.69) is 10.3 Å². The van der Waals surface area contributed by atoms with Crippen LogP contribution in [-0.4, -0.2) is 92.7 Å². The number of likely N-dealkylation sites (N-methyl/N-ethyl adjacent to an activating group) is 1. The van der Waals surface area contributed by atoms with Crippen LogP contribution in [0.3, 0.4) is 0 Å². The van der Waals surface area contributed by atoms with Crippen LogP contribution in [0.1, 0.15) is 5.56 Å². The summed E-state index contributed by atoms with van der Waals surface area (Å²) in [5, 5.41) is 3.70. The molecule has 0 spiro atoms. The number of rotatable bonds is 6. The minimum Gasteiger partial charge on any atom is -0.355 e. The number of alkyl halides is 3. The maximum atomic E-state index is 12.5. The minimum atomic E-state index is -4.20. The Labute approximate surface area is 197 Å². The highest BCUT2D eigenvalue weighted by molar-refractivity contribution is 14.0. The second-order valence-electron chi connectivity index (χ2n) is 7.00. The van der Waals surface area contributed by atoms with E-state index in [0.29, 0.717) is 50.1 Å². The van der Waals surface area contributed by atoms with Gasteiger partial charge in [-0.05, 0) is 24.7 Å². The number of amides is 1. The van der Waals surface area contributed by atoms with E-state index < -0.39 is 12.7 Å². The lowest BCUT2D eigenvalue weighted by molar-refractivity contribution is -0.142. The normalized spacial score (nSPS) is 15.2. The fourth-order valence-corrected chi connectivity index (χ4v) is 3.39. The van der Waals surface area contributed by atoms with Crippen LogP contribution in [0.15, 0.2) is 29.3 Å². The standard InChI is InChI=1S/C19H27ClF3N5O.HI/c1-24-18(25-6-7-26(2)14-19(21,22)23)28-10-8-27(9-11-28)17(29)13-15-4-3-5-16(20)12-15;/h3-5,12H,6-11,13-14H2,1-2H3,(H,24,25);1H. The molecule has 1 heterocycles. The molecule has 1 saturated heterocycles. The Hall–Kier alpha value is -1.27. The molecule has 1 aromatic rings. The smallest absolute Gasteiger partial charge is 0.355 e. The van der Waals surface area contributed by atoms with E-state index in [1.165, 1.54) is 11.9 Å². The third-order valence-corrected chi connectivity index (χ3v) is 4.85. The number of nitrogens with one attached hydrogen (secondary N) is 1. The first-order valence-electron chi connectivity index (χ1n) is 9.41. The number of nitrogens with zero attached hydrogens (tertiary/aromatic N) is 4. The maximum absolute atomic E-state index is 12.5. The van der Waals surface area contributed by atoms with Gasteiger partial charge in [0.2, 0.25) is 5.91 Å². The fourth-order valence-electron chi connectivity index (χ4n) is 3.18. The van der Waals surface area contributed by atoms with Crippen molar-refractivity contribution in [3.05, 3.63) is 34.9 Å². The van der Waals surface area contributed by atoms with Crippen LogP contribution in [0.2, 0.25) is 5.02 Å². The van der Waals surface area contributed by atoms with Crippen molar-refractivity contribution < 1.29 is 18.0 Å². The highest BCUT2D eigenvalue weighted by Crippen LogP contribution is 2.15. The first kappa shape index (κ1) is 26.8. The van der Waals surface area contributed by atoms with Gasteiger partial charge in [-0.25, -0.2) is 0 Å². The maximum Gasteiger partial charge on any atom is 0.401 e. The first-order chi connectivity index (χ1) is 13.7. The zero-order valence-corrected chi connectivity index (χ0v) is 20.2. The minimum absolute atomic E-state index is 0. The molecule has 0 atom stereocenters. The van der Waals surface area contributed by atoms with Gasteiger partial charge in [-0.2, -0.15) is 13.2 Å². The third kappa shape index (κ3) is 9.25.